The van der Waals surface area contributed by atoms with E-state index in [0.717, 1.165) is 106 Å². The van der Waals surface area contributed by atoms with Crippen molar-refractivity contribution in [3.05, 3.63) is 106 Å². The average Bonchev–Trinajstić information content (AvgIpc) is 4.01. The first-order chi connectivity index (χ1) is 30.3. The van der Waals surface area contributed by atoms with Crippen molar-refractivity contribution in [1.29, 1.82) is 0 Å². The van der Waals surface area contributed by atoms with E-state index in [-0.39, 0.29) is 47.9 Å². The number of amides is 3. The van der Waals surface area contributed by atoms with Gasteiger partial charge in [-0.05, 0) is 87.0 Å². The van der Waals surface area contributed by atoms with Gasteiger partial charge in [-0.25, -0.2) is 4.98 Å². The van der Waals surface area contributed by atoms with E-state index in [4.69, 9.17) is 9.47 Å². The zero-order valence-electron chi connectivity index (χ0n) is 38.0. The number of aromatic nitrogens is 1. The van der Waals surface area contributed by atoms with Crippen molar-refractivity contribution in [2.24, 2.45) is 5.41 Å². The molecule has 11 nitrogen and oxygen atoms in total. The Morgan fingerprint density at radius 3 is 2.57 bits per heavy atom. The van der Waals surface area contributed by atoms with Crippen LogP contribution in [0.2, 0.25) is 0 Å². The highest BCUT2D eigenvalue weighted by Crippen LogP contribution is 2.33. The maximum absolute atomic E-state index is 14.2. The molecule has 1 aromatic carbocycles. The van der Waals surface area contributed by atoms with E-state index < -0.39 is 0 Å². The van der Waals surface area contributed by atoms with E-state index in [2.05, 4.69) is 92.4 Å². The molecule has 0 saturated carbocycles. The number of benzene rings is 1. The Morgan fingerprint density at radius 1 is 1.03 bits per heavy atom. The van der Waals surface area contributed by atoms with Gasteiger partial charge in [0.15, 0.2) is 0 Å². The monoisotopic (exact) mass is 876 g/mol. The van der Waals surface area contributed by atoms with E-state index in [0.29, 0.717) is 50.5 Å². The molecule has 3 atom stereocenters. The number of thiazole rings is 1. The van der Waals surface area contributed by atoms with Gasteiger partial charge >= 0.3 is 0 Å². The van der Waals surface area contributed by atoms with Gasteiger partial charge in [0, 0.05) is 60.9 Å². The Kier molecular flexibility index (Phi) is 17.0. The van der Waals surface area contributed by atoms with Crippen molar-refractivity contribution in [2.45, 2.75) is 129 Å². The van der Waals surface area contributed by atoms with Crippen LogP contribution in [0.5, 0.6) is 0 Å². The summed E-state index contributed by atoms with van der Waals surface area (Å²) >= 11 is 1.71. The van der Waals surface area contributed by atoms with Crippen molar-refractivity contribution < 1.29 is 23.9 Å². The van der Waals surface area contributed by atoms with E-state index in [1.165, 1.54) is 16.0 Å². The number of hydrogen-bond acceptors (Lipinski definition) is 9. The molecule has 6 rings (SSSR count). The second kappa shape index (κ2) is 22.6. The van der Waals surface area contributed by atoms with Crippen molar-refractivity contribution >= 4 is 34.6 Å². The summed E-state index contributed by atoms with van der Waals surface area (Å²) in [4.78, 5) is 48.6. The molecule has 2 saturated heterocycles. The molecule has 3 N–H and O–H groups in total. The van der Waals surface area contributed by atoms with Gasteiger partial charge in [0.05, 0.1) is 41.4 Å². The van der Waals surface area contributed by atoms with Crippen molar-refractivity contribution in [1.82, 2.24) is 30.7 Å². The Bertz CT molecular complexity index is 2130. The lowest BCUT2D eigenvalue weighted by Gasteiger charge is -2.37. The van der Waals surface area contributed by atoms with Crippen LogP contribution >= 0.6 is 11.3 Å². The van der Waals surface area contributed by atoms with Gasteiger partial charge in [0.25, 0.3) is 5.91 Å². The first-order valence-corrected chi connectivity index (χ1v) is 23.7. The highest BCUT2D eigenvalue weighted by molar-refractivity contribution is 7.10. The number of unbranched alkanes of at least 4 members (excludes halogenated alkanes) is 4. The highest BCUT2D eigenvalue weighted by Gasteiger charge is 2.40. The molecule has 63 heavy (non-hydrogen) atoms. The molecular formula is C51H68N6O5S. The van der Waals surface area contributed by atoms with Gasteiger partial charge in [-0.15, -0.1) is 11.3 Å². The molecule has 1 aromatic heterocycles. The molecule has 3 unspecified atom stereocenters. The maximum atomic E-state index is 14.2. The van der Waals surface area contributed by atoms with Crippen molar-refractivity contribution in [3.8, 4) is 11.8 Å². The number of allylic oxidation sites excluding steroid dienone is 4. The number of ether oxygens (including phenoxy) is 2. The number of rotatable bonds is 21. The van der Waals surface area contributed by atoms with Crippen molar-refractivity contribution in [3.63, 3.8) is 0 Å². The summed E-state index contributed by atoms with van der Waals surface area (Å²) in [5.74, 6) is 6.28. The SMILES string of the molecule is C=C(CCCCCCCOCCOCC#Cc1cccc2c1CN(C1CCC(=O)NC1=C)C2=O)NC(C(=O)N1CCCC1C(=C)NCC1=CC=C(c2scnc2C)CC1)C(C)(C)C. The smallest absolute Gasteiger partial charge is 0.255 e. The largest absolute Gasteiger partial charge is 0.383 e. The number of nitrogens with one attached hydrogen (secondary N) is 3. The minimum absolute atomic E-state index is 0.0188. The van der Waals surface area contributed by atoms with Gasteiger partial charge in [0.1, 0.15) is 12.6 Å². The van der Waals surface area contributed by atoms with Crippen LogP contribution in [0.1, 0.15) is 130 Å². The maximum Gasteiger partial charge on any atom is 0.255 e. The lowest BCUT2D eigenvalue weighted by atomic mass is 9.85. The predicted molar refractivity (Wildman–Crippen MR) is 252 cm³/mol. The van der Waals surface area contributed by atoms with Crippen LogP contribution in [-0.4, -0.2) is 90.1 Å². The molecule has 2 fully saturated rings. The fourth-order valence-electron chi connectivity index (χ4n) is 8.84. The topological polar surface area (TPSA) is 125 Å². The predicted octanol–water partition coefficient (Wildman–Crippen LogP) is 8.34. The third-order valence-corrected chi connectivity index (χ3v) is 13.5. The molecule has 4 heterocycles. The zero-order valence-corrected chi connectivity index (χ0v) is 38.9. The highest BCUT2D eigenvalue weighted by atomic mass is 32.1. The quantitative estimate of drug-likeness (QED) is 0.0845. The van der Waals surface area contributed by atoms with Crippen LogP contribution in [0.15, 0.2) is 78.3 Å². The Balaban J connectivity index is 0.817. The number of carbonyl (C=O) groups excluding carboxylic acids is 3. The fraction of sp³-hybridized carbons (Fsp3) is 0.529. The number of likely N-dealkylation sites (tertiary alicyclic amines) is 1. The molecule has 3 aliphatic heterocycles. The molecular weight excluding hydrogens is 809 g/mol. The molecule has 0 spiro atoms. The number of nitrogens with zero attached hydrogens (tertiary/aromatic N) is 3. The minimum atomic E-state index is -0.365. The standard InChI is InChI=1S/C51H68N6O5S/c1-35(54-48(51(5,6)7)50(60)56-27-14-20-44(56)36(2)52-32-39-21-23-41(24-22-39)47-38(4)53-34-63-47)16-11-9-8-10-12-28-61-30-31-62-29-15-18-40-17-13-19-42-43(40)33-57(49(42)59)45-25-26-46(58)55-37(45)3/h13,17,19,21,23,34,44-45,48,52,54H,1-3,8-12,14,16,20,22,24-33H2,4-7H3,(H,55,58). The Labute approximate surface area is 379 Å². The summed E-state index contributed by atoms with van der Waals surface area (Å²) in [5, 5.41) is 9.91. The Hall–Kier alpha value is -4.96. The minimum Gasteiger partial charge on any atom is -0.383 e. The number of hydrogen-bond donors (Lipinski definition) is 3. The Morgan fingerprint density at radius 2 is 1.83 bits per heavy atom. The molecule has 338 valence electrons. The molecule has 1 aliphatic carbocycles. The molecule has 2 aromatic rings. The first kappa shape index (κ1) is 47.5. The molecule has 4 aliphatic rings. The molecule has 0 radical (unpaired) electrons. The van der Waals surface area contributed by atoms with E-state index in [1.807, 2.05) is 28.6 Å². The van der Waals surface area contributed by atoms with E-state index in [9.17, 15) is 14.4 Å². The molecule has 0 bridgehead atoms. The summed E-state index contributed by atoms with van der Waals surface area (Å²) in [6, 6.07) is 5.02. The van der Waals surface area contributed by atoms with Gasteiger partial charge in [-0.1, -0.05) is 95.4 Å². The van der Waals surface area contributed by atoms with Gasteiger partial charge in [-0.3, -0.25) is 14.4 Å². The van der Waals surface area contributed by atoms with Crippen LogP contribution in [-0.2, 0) is 25.6 Å². The van der Waals surface area contributed by atoms with Gasteiger partial charge < -0.3 is 35.2 Å². The fourth-order valence-corrected chi connectivity index (χ4v) is 9.70. The van der Waals surface area contributed by atoms with Crippen molar-refractivity contribution in [2.75, 3.05) is 39.5 Å². The lowest BCUT2D eigenvalue weighted by Crippen LogP contribution is -2.54. The number of piperidine rings is 1. The van der Waals surface area contributed by atoms with Crippen LogP contribution in [0.4, 0.5) is 0 Å². The third kappa shape index (κ3) is 12.8. The van der Waals surface area contributed by atoms with Gasteiger partial charge in [0.2, 0.25) is 11.8 Å². The summed E-state index contributed by atoms with van der Waals surface area (Å²) in [6.45, 7) is 25.0. The third-order valence-electron chi connectivity index (χ3n) is 12.5. The second-order valence-electron chi connectivity index (χ2n) is 18.3. The second-order valence-corrected chi connectivity index (χ2v) is 19.1. The first-order valence-electron chi connectivity index (χ1n) is 22.8. The summed E-state index contributed by atoms with van der Waals surface area (Å²) < 4.78 is 11.5. The summed E-state index contributed by atoms with van der Waals surface area (Å²) in [5.41, 5.74) is 10.2. The normalized spacial score (nSPS) is 19.1. The van der Waals surface area contributed by atoms with Crippen LogP contribution in [0.25, 0.3) is 5.57 Å². The zero-order chi connectivity index (χ0) is 44.9. The molecule has 3 amide bonds. The van der Waals surface area contributed by atoms with Crippen LogP contribution in [0, 0.1) is 24.2 Å². The van der Waals surface area contributed by atoms with E-state index >= 15 is 0 Å². The van der Waals surface area contributed by atoms with E-state index in [1.54, 1.807) is 16.2 Å². The summed E-state index contributed by atoms with van der Waals surface area (Å²) in [6.07, 6.45) is 15.5. The number of fused-ring (bicyclic) bond motifs is 1. The van der Waals surface area contributed by atoms with Crippen LogP contribution < -0.4 is 16.0 Å². The summed E-state index contributed by atoms with van der Waals surface area (Å²) in [7, 11) is 0. The van der Waals surface area contributed by atoms with Crippen LogP contribution in [0.3, 0.4) is 0 Å². The molecule has 12 heteroatoms. The lowest BCUT2D eigenvalue weighted by molar-refractivity contribution is -0.136. The average molecular weight is 877 g/mol. The van der Waals surface area contributed by atoms with Gasteiger partial charge in [-0.2, -0.15) is 0 Å². The number of aryl methyl sites for hydroxylation is 1. The number of carbonyl (C=O) groups is 3.